The van der Waals surface area contributed by atoms with Gasteiger partial charge in [-0.3, -0.25) is 9.20 Å². The molecule has 5 nitrogen and oxygen atoms in total. The molecule has 0 atom stereocenters. The number of aromatic nitrogens is 2. The van der Waals surface area contributed by atoms with Gasteiger partial charge >= 0.3 is 5.97 Å². The van der Waals surface area contributed by atoms with Crippen LogP contribution in [0.1, 0.15) is 32.1 Å². The first-order valence-corrected chi connectivity index (χ1v) is 7.78. The van der Waals surface area contributed by atoms with Gasteiger partial charge in [-0.25, -0.2) is 9.78 Å². The zero-order chi connectivity index (χ0) is 16.6. The van der Waals surface area contributed by atoms with Crippen molar-refractivity contribution in [2.45, 2.75) is 13.8 Å². The number of benzene rings is 1. The van der Waals surface area contributed by atoms with Crippen LogP contribution >= 0.6 is 11.3 Å². The maximum Gasteiger partial charge on any atom is 0.347 e. The number of carbonyl (C=O) groups is 1. The molecule has 0 bridgehead atoms. The maximum absolute atomic E-state index is 12.3. The van der Waals surface area contributed by atoms with Gasteiger partial charge in [0.25, 0.3) is 5.56 Å². The second kappa shape index (κ2) is 5.81. The predicted octanol–water partition coefficient (Wildman–Crippen LogP) is 3.24. The van der Waals surface area contributed by atoms with Gasteiger partial charge in [0.1, 0.15) is 4.88 Å². The average Bonchev–Trinajstić information content (AvgIpc) is 2.95. The Labute approximate surface area is 136 Å². The number of fused-ring (bicyclic) bond motifs is 1. The van der Waals surface area contributed by atoms with Gasteiger partial charge in [0.15, 0.2) is 4.96 Å². The van der Waals surface area contributed by atoms with Gasteiger partial charge in [0.05, 0.1) is 5.69 Å². The van der Waals surface area contributed by atoms with Gasteiger partial charge in [-0.15, -0.1) is 0 Å². The Morgan fingerprint density at radius 1 is 1.22 bits per heavy atom. The summed E-state index contributed by atoms with van der Waals surface area (Å²) in [5.74, 6) is -1.06. The van der Waals surface area contributed by atoms with Crippen LogP contribution in [0.4, 0.5) is 0 Å². The summed E-state index contributed by atoms with van der Waals surface area (Å²) in [6.45, 7) is 3.71. The summed E-state index contributed by atoms with van der Waals surface area (Å²) in [6.07, 6.45) is 4.98. The molecular weight excluding hydrogens is 312 g/mol. The number of rotatable bonds is 3. The van der Waals surface area contributed by atoms with Crippen LogP contribution in [0.3, 0.4) is 0 Å². The Kier molecular flexibility index (Phi) is 3.83. The Morgan fingerprint density at radius 3 is 2.57 bits per heavy atom. The molecule has 0 amide bonds. The summed E-state index contributed by atoms with van der Waals surface area (Å²) in [7, 11) is 0. The Hall–Kier alpha value is -2.73. The molecule has 0 aliphatic rings. The number of aromatic carboxylic acids is 1. The summed E-state index contributed by atoms with van der Waals surface area (Å²) in [5, 5.41) is 9.04. The van der Waals surface area contributed by atoms with Crippen LogP contribution in [0.2, 0.25) is 0 Å². The van der Waals surface area contributed by atoms with Crippen molar-refractivity contribution in [3.05, 3.63) is 68.1 Å². The summed E-state index contributed by atoms with van der Waals surface area (Å²) < 4.78 is 1.28. The Morgan fingerprint density at radius 2 is 1.91 bits per heavy atom. The predicted molar refractivity (Wildman–Crippen MR) is 91.1 cm³/mol. The summed E-state index contributed by atoms with van der Waals surface area (Å²) in [5.41, 5.74) is 2.97. The number of hydrogen-bond acceptors (Lipinski definition) is 4. The molecule has 23 heavy (non-hydrogen) atoms. The molecule has 1 aromatic carbocycles. The average molecular weight is 326 g/mol. The van der Waals surface area contributed by atoms with E-state index in [9.17, 15) is 9.59 Å². The van der Waals surface area contributed by atoms with E-state index < -0.39 is 5.97 Å². The number of hydrogen-bond donors (Lipinski definition) is 1. The van der Waals surface area contributed by atoms with Gasteiger partial charge in [0, 0.05) is 11.8 Å². The maximum atomic E-state index is 12.3. The van der Waals surface area contributed by atoms with Crippen molar-refractivity contribution in [2.24, 2.45) is 0 Å². The molecule has 3 aromatic rings. The van der Waals surface area contributed by atoms with Crippen LogP contribution < -0.4 is 5.56 Å². The number of nitrogens with zero attached hydrogens (tertiary/aromatic N) is 2. The van der Waals surface area contributed by atoms with Gasteiger partial charge in [-0.1, -0.05) is 47.2 Å². The Bertz CT molecular complexity index is 981. The van der Waals surface area contributed by atoms with Gasteiger partial charge < -0.3 is 5.11 Å². The summed E-state index contributed by atoms with van der Waals surface area (Å²) >= 11 is 0.984. The highest BCUT2D eigenvalue weighted by atomic mass is 32.1. The van der Waals surface area contributed by atoms with Crippen molar-refractivity contribution in [3.63, 3.8) is 0 Å². The van der Waals surface area contributed by atoms with Crippen molar-refractivity contribution in [1.82, 2.24) is 9.38 Å². The fraction of sp³-hybridized carbons (Fsp3) is 0.118. The molecule has 3 rings (SSSR count). The van der Waals surface area contributed by atoms with Crippen molar-refractivity contribution < 1.29 is 9.90 Å². The minimum atomic E-state index is -1.06. The van der Waals surface area contributed by atoms with E-state index in [1.165, 1.54) is 16.2 Å². The molecule has 2 heterocycles. The number of carboxylic acids is 1. The molecule has 1 N–H and O–H groups in total. The van der Waals surface area contributed by atoms with Gasteiger partial charge in [-0.2, -0.15) is 0 Å². The molecule has 0 spiro atoms. The highest BCUT2D eigenvalue weighted by Crippen LogP contribution is 2.17. The van der Waals surface area contributed by atoms with E-state index in [0.717, 1.165) is 16.9 Å². The molecular formula is C17H14N2O3S. The molecule has 116 valence electrons. The van der Waals surface area contributed by atoms with Crippen molar-refractivity contribution in [2.75, 3.05) is 0 Å². The van der Waals surface area contributed by atoms with Crippen LogP contribution in [-0.4, -0.2) is 20.5 Å². The molecule has 0 aliphatic heterocycles. The lowest BCUT2D eigenvalue weighted by Gasteiger charge is -2.00. The number of carboxylic acid groups (broad SMARTS) is 1. The first-order chi connectivity index (χ1) is 11.0. The zero-order valence-corrected chi connectivity index (χ0v) is 13.4. The van der Waals surface area contributed by atoms with E-state index in [0.29, 0.717) is 16.2 Å². The SMILES string of the molecule is Cc1ccc(/C=C/c2nc3sc(C(=O)O)cn3c(=O)c2C)cc1. The third-order valence-electron chi connectivity index (χ3n) is 3.52. The standard InChI is InChI=1S/C17H14N2O3S/c1-10-3-5-12(6-4-10)7-8-13-11(2)15(20)19-9-14(16(21)22)23-17(19)18-13/h3-9H,1-2H3,(H,21,22)/b8-7+. The normalized spacial score (nSPS) is 11.4. The lowest BCUT2D eigenvalue weighted by molar-refractivity contribution is 0.0701. The number of aryl methyl sites for hydroxylation is 1. The highest BCUT2D eigenvalue weighted by molar-refractivity contribution is 7.18. The first-order valence-electron chi connectivity index (χ1n) is 6.96. The molecule has 0 saturated carbocycles. The quantitative estimate of drug-likeness (QED) is 0.802. The fourth-order valence-corrected chi connectivity index (χ4v) is 2.98. The smallest absolute Gasteiger partial charge is 0.347 e. The van der Waals surface area contributed by atoms with Crippen LogP contribution in [0, 0.1) is 13.8 Å². The van der Waals surface area contributed by atoms with E-state index in [1.54, 1.807) is 13.0 Å². The van der Waals surface area contributed by atoms with Crippen molar-refractivity contribution in [3.8, 4) is 0 Å². The second-order valence-corrected chi connectivity index (χ2v) is 6.23. The molecule has 0 aliphatic carbocycles. The lowest BCUT2D eigenvalue weighted by Crippen LogP contribution is -2.17. The van der Waals surface area contributed by atoms with Crippen molar-refractivity contribution in [1.29, 1.82) is 0 Å². The number of thiazole rings is 1. The lowest BCUT2D eigenvalue weighted by atomic mass is 10.1. The van der Waals surface area contributed by atoms with Crippen LogP contribution in [-0.2, 0) is 0 Å². The van der Waals surface area contributed by atoms with Gasteiger partial charge in [-0.05, 0) is 25.5 Å². The molecule has 0 radical (unpaired) electrons. The van der Waals surface area contributed by atoms with E-state index in [4.69, 9.17) is 5.11 Å². The van der Waals surface area contributed by atoms with E-state index >= 15 is 0 Å². The molecule has 6 heteroatoms. The third kappa shape index (κ3) is 2.93. The molecule has 0 unspecified atom stereocenters. The van der Waals surface area contributed by atoms with Crippen molar-refractivity contribution >= 4 is 34.4 Å². The first kappa shape index (κ1) is 15.2. The van der Waals surface area contributed by atoms with E-state index in [2.05, 4.69) is 4.98 Å². The van der Waals surface area contributed by atoms with E-state index in [1.807, 2.05) is 37.3 Å². The largest absolute Gasteiger partial charge is 0.477 e. The van der Waals surface area contributed by atoms with Crippen LogP contribution in [0.5, 0.6) is 0 Å². The second-order valence-electron chi connectivity index (χ2n) is 5.22. The minimum Gasteiger partial charge on any atom is -0.477 e. The fourth-order valence-electron chi connectivity index (χ4n) is 2.16. The third-order valence-corrected chi connectivity index (χ3v) is 4.49. The zero-order valence-electron chi connectivity index (χ0n) is 12.6. The molecule has 0 fully saturated rings. The van der Waals surface area contributed by atoms with Gasteiger partial charge in [0.2, 0.25) is 0 Å². The highest BCUT2D eigenvalue weighted by Gasteiger charge is 2.13. The molecule has 2 aromatic heterocycles. The molecule has 0 saturated heterocycles. The summed E-state index contributed by atoms with van der Waals surface area (Å²) in [4.78, 5) is 28.3. The van der Waals surface area contributed by atoms with Crippen LogP contribution in [0.15, 0.2) is 35.3 Å². The van der Waals surface area contributed by atoms with E-state index in [-0.39, 0.29) is 10.4 Å². The topological polar surface area (TPSA) is 71.7 Å². The monoisotopic (exact) mass is 326 g/mol. The minimum absolute atomic E-state index is 0.0914. The Balaban J connectivity index is 2.07. The van der Waals surface area contributed by atoms with Crippen LogP contribution in [0.25, 0.3) is 17.1 Å². The summed E-state index contributed by atoms with van der Waals surface area (Å²) in [6, 6.07) is 7.99.